The normalized spacial score (nSPS) is 14.3. The van der Waals surface area contributed by atoms with Gasteiger partial charge in [0.1, 0.15) is 6.04 Å². The lowest BCUT2D eigenvalue weighted by atomic mass is 10.00. The Hall–Kier alpha value is -3.45. The van der Waals surface area contributed by atoms with Crippen LogP contribution in [-0.2, 0) is 9.59 Å². The van der Waals surface area contributed by atoms with Crippen LogP contribution in [0.2, 0.25) is 0 Å². The summed E-state index contributed by atoms with van der Waals surface area (Å²) in [7, 11) is 0. The average Bonchev–Trinajstić information content (AvgIpc) is 3.58. The molecule has 0 aliphatic heterocycles. The van der Waals surface area contributed by atoms with E-state index in [2.05, 4.69) is 10.6 Å². The smallest absolute Gasteiger partial charge is 0.261 e. The fraction of sp³-hybridized carbons (Fsp3) is 0.321. The minimum absolute atomic E-state index is 0.114. The van der Waals surface area contributed by atoms with Crippen molar-refractivity contribution < 1.29 is 14.4 Å². The average molecular weight is 490 g/mol. The molecule has 2 aromatic carbocycles. The first-order chi connectivity index (χ1) is 17.0. The first kappa shape index (κ1) is 24.7. The summed E-state index contributed by atoms with van der Waals surface area (Å²) in [5.74, 6) is -0.859. The number of carbonyl (C=O) groups is 3. The molecule has 0 unspecified atom stereocenters. The number of rotatable bonds is 8. The topological polar surface area (TPSA) is 78.5 Å². The zero-order valence-electron chi connectivity index (χ0n) is 20.1. The van der Waals surface area contributed by atoms with Crippen LogP contribution in [0.3, 0.4) is 0 Å². The Balaban J connectivity index is 1.70. The van der Waals surface area contributed by atoms with Crippen molar-refractivity contribution in [1.82, 2.24) is 10.6 Å². The SMILES string of the molecule is Cc1cccc(N(C(=O)CNC(=O)c2cccs2)[C@@H](C(=O)NC2CCCC2)c2ccccc2)c1C. The zero-order chi connectivity index (χ0) is 24.8. The molecule has 1 atom stereocenters. The van der Waals surface area contributed by atoms with Crippen molar-refractivity contribution in [3.63, 3.8) is 0 Å². The zero-order valence-corrected chi connectivity index (χ0v) is 20.9. The van der Waals surface area contributed by atoms with Gasteiger partial charge in [0.25, 0.3) is 5.91 Å². The Bertz CT molecular complexity index is 1170. The first-order valence-corrected chi connectivity index (χ1v) is 12.9. The number of nitrogens with zero attached hydrogens (tertiary/aromatic N) is 1. The van der Waals surface area contributed by atoms with Crippen molar-refractivity contribution in [2.45, 2.75) is 51.6 Å². The van der Waals surface area contributed by atoms with E-state index in [0.29, 0.717) is 10.6 Å². The van der Waals surface area contributed by atoms with Crippen LogP contribution in [0.4, 0.5) is 5.69 Å². The van der Waals surface area contributed by atoms with E-state index in [1.807, 2.05) is 67.8 Å². The Morgan fingerprint density at radius 2 is 1.71 bits per heavy atom. The molecule has 3 aromatic rings. The molecule has 0 bridgehead atoms. The minimum Gasteiger partial charge on any atom is -0.351 e. The predicted molar refractivity (Wildman–Crippen MR) is 140 cm³/mol. The van der Waals surface area contributed by atoms with Gasteiger partial charge in [0, 0.05) is 11.7 Å². The van der Waals surface area contributed by atoms with E-state index in [1.54, 1.807) is 17.0 Å². The maximum Gasteiger partial charge on any atom is 0.261 e. The Kier molecular flexibility index (Phi) is 7.98. The molecule has 1 heterocycles. The minimum atomic E-state index is -0.858. The van der Waals surface area contributed by atoms with Gasteiger partial charge in [-0.05, 0) is 60.9 Å². The Labute approximate surface area is 210 Å². The molecule has 4 rings (SSSR count). The van der Waals surface area contributed by atoms with Gasteiger partial charge in [-0.25, -0.2) is 0 Å². The summed E-state index contributed by atoms with van der Waals surface area (Å²) in [6, 6.07) is 17.9. The number of carbonyl (C=O) groups excluding carboxylic acids is 3. The van der Waals surface area contributed by atoms with Gasteiger partial charge in [-0.15, -0.1) is 11.3 Å². The molecule has 1 aliphatic carbocycles. The van der Waals surface area contributed by atoms with Crippen LogP contribution in [0.15, 0.2) is 66.0 Å². The number of hydrogen-bond acceptors (Lipinski definition) is 4. The lowest BCUT2D eigenvalue weighted by Gasteiger charge is -2.33. The van der Waals surface area contributed by atoms with Gasteiger partial charge in [0.05, 0.1) is 11.4 Å². The number of nitrogens with one attached hydrogen (secondary N) is 2. The van der Waals surface area contributed by atoms with Crippen molar-refractivity contribution in [2.75, 3.05) is 11.4 Å². The predicted octanol–water partition coefficient (Wildman–Crippen LogP) is 4.93. The summed E-state index contributed by atoms with van der Waals surface area (Å²) in [4.78, 5) is 42.2. The second-order valence-electron chi connectivity index (χ2n) is 8.95. The van der Waals surface area contributed by atoms with Crippen LogP contribution in [0, 0.1) is 13.8 Å². The van der Waals surface area contributed by atoms with Crippen molar-refractivity contribution >= 4 is 34.7 Å². The van der Waals surface area contributed by atoms with E-state index in [4.69, 9.17) is 0 Å². The molecule has 3 amide bonds. The van der Waals surface area contributed by atoms with Gasteiger partial charge >= 0.3 is 0 Å². The van der Waals surface area contributed by atoms with E-state index >= 15 is 0 Å². The Morgan fingerprint density at radius 3 is 2.40 bits per heavy atom. The van der Waals surface area contributed by atoms with Crippen molar-refractivity contribution in [2.24, 2.45) is 0 Å². The van der Waals surface area contributed by atoms with Gasteiger partial charge in [0.15, 0.2) is 0 Å². The largest absolute Gasteiger partial charge is 0.351 e. The molecule has 182 valence electrons. The molecular formula is C28H31N3O3S. The summed E-state index contributed by atoms with van der Waals surface area (Å²) in [5, 5.41) is 7.74. The molecule has 35 heavy (non-hydrogen) atoms. The number of aryl methyl sites for hydroxylation is 1. The maximum atomic E-state index is 13.8. The molecule has 2 N–H and O–H groups in total. The Morgan fingerprint density at radius 1 is 0.971 bits per heavy atom. The third kappa shape index (κ3) is 5.80. The van der Waals surface area contributed by atoms with Crippen LogP contribution < -0.4 is 15.5 Å². The number of thiophene rings is 1. The molecule has 0 radical (unpaired) electrons. The molecule has 1 aliphatic rings. The number of benzene rings is 2. The highest BCUT2D eigenvalue weighted by Crippen LogP contribution is 2.32. The highest BCUT2D eigenvalue weighted by molar-refractivity contribution is 7.12. The van der Waals surface area contributed by atoms with E-state index in [9.17, 15) is 14.4 Å². The van der Waals surface area contributed by atoms with Crippen molar-refractivity contribution in [1.29, 1.82) is 0 Å². The van der Waals surface area contributed by atoms with Crippen LogP contribution in [0.25, 0.3) is 0 Å². The fourth-order valence-electron chi connectivity index (χ4n) is 4.55. The van der Waals surface area contributed by atoms with E-state index in [-0.39, 0.29) is 30.3 Å². The van der Waals surface area contributed by atoms with Crippen LogP contribution >= 0.6 is 11.3 Å². The van der Waals surface area contributed by atoms with Gasteiger partial charge in [0.2, 0.25) is 11.8 Å². The fourth-order valence-corrected chi connectivity index (χ4v) is 5.19. The first-order valence-electron chi connectivity index (χ1n) is 12.0. The number of amides is 3. The van der Waals surface area contributed by atoms with Crippen LogP contribution in [0.1, 0.15) is 58.1 Å². The molecule has 1 fully saturated rings. The third-order valence-electron chi connectivity index (χ3n) is 6.57. The summed E-state index contributed by atoms with van der Waals surface area (Å²) >= 11 is 1.32. The molecular weight excluding hydrogens is 458 g/mol. The van der Waals surface area contributed by atoms with Crippen molar-refractivity contribution in [3.05, 3.63) is 87.6 Å². The van der Waals surface area contributed by atoms with E-state index in [1.165, 1.54) is 11.3 Å². The molecule has 0 saturated heterocycles. The second kappa shape index (κ2) is 11.3. The molecule has 1 aromatic heterocycles. The highest BCUT2D eigenvalue weighted by atomic mass is 32.1. The highest BCUT2D eigenvalue weighted by Gasteiger charge is 2.35. The van der Waals surface area contributed by atoms with E-state index < -0.39 is 6.04 Å². The van der Waals surface area contributed by atoms with Gasteiger partial charge in [-0.2, -0.15) is 0 Å². The van der Waals surface area contributed by atoms with Gasteiger partial charge in [-0.3, -0.25) is 19.3 Å². The lowest BCUT2D eigenvalue weighted by Crippen LogP contribution is -2.49. The summed E-state index contributed by atoms with van der Waals surface area (Å²) < 4.78 is 0. The standard InChI is InChI=1S/C28H31N3O3S/c1-19-10-8-15-23(20(19)2)31(25(32)18-29-27(33)24-16-9-17-35-24)26(21-11-4-3-5-12-21)28(34)30-22-13-6-7-14-22/h3-5,8-12,15-17,22,26H,6-7,13-14,18H2,1-2H3,(H,29,33)(H,30,34)/t26-/m1/s1. The van der Waals surface area contributed by atoms with Gasteiger partial charge in [-0.1, -0.05) is 61.4 Å². The molecule has 0 spiro atoms. The van der Waals surface area contributed by atoms with E-state index in [0.717, 1.165) is 42.4 Å². The van der Waals surface area contributed by atoms with Gasteiger partial charge < -0.3 is 10.6 Å². The second-order valence-corrected chi connectivity index (χ2v) is 9.89. The van der Waals surface area contributed by atoms with Crippen molar-refractivity contribution in [3.8, 4) is 0 Å². The quantitative estimate of drug-likeness (QED) is 0.471. The summed E-state index contributed by atoms with van der Waals surface area (Å²) in [5.41, 5.74) is 3.32. The summed E-state index contributed by atoms with van der Waals surface area (Å²) in [6.07, 6.45) is 4.08. The maximum absolute atomic E-state index is 13.8. The van der Waals surface area contributed by atoms with Crippen LogP contribution in [-0.4, -0.2) is 30.3 Å². The molecule has 6 nitrogen and oxygen atoms in total. The van der Waals surface area contributed by atoms with Crippen LogP contribution in [0.5, 0.6) is 0 Å². The number of hydrogen-bond donors (Lipinski definition) is 2. The third-order valence-corrected chi connectivity index (χ3v) is 7.44. The number of anilines is 1. The molecule has 7 heteroatoms. The lowest BCUT2D eigenvalue weighted by molar-refractivity contribution is -0.126. The monoisotopic (exact) mass is 489 g/mol. The summed E-state index contributed by atoms with van der Waals surface area (Å²) in [6.45, 7) is 3.71. The molecule has 1 saturated carbocycles.